The van der Waals surface area contributed by atoms with Crippen molar-refractivity contribution in [2.75, 3.05) is 0 Å². The van der Waals surface area contributed by atoms with Gasteiger partial charge in [0.25, 0.3) is 0 Å². The number of hydrogen-bond acceptors (Lipinski definition) is 3. The quantitative estimate of drug-likeness (QED) is 0.840. The summed E-state index contributed by atoms with van der Waals surface area (Å²) in [5, 5.41) is 14.2. The minimum atomic E-state index is -1.68. The van der Waals surface area contributed by atoms with Gasteiger partial charge in [-0.05, 0) is 12.1 Å². The van der Waals surface area contributed by atoms with Crippen LogP contribution in [0.5, 0.6) is 0 Å². The van der Waals surface area contributed by atoms with Gasteiger partial charge in [-0.2, -0.15) is 5.10 Å². The van der Waals surface area contributed by atoms with Crippen LogP contribution >= 0.6 is 0 Å². The molecule has 1 aromatic carbocycles. The molecule has 0 bridgehead atoms. The molecular formula is C12H11F2N3O. The Kier molecular flexibility index (Phi) is 3.20. The lowest BCUT2D eigenvalue weighted by Crippen LogP contribution is -2.30. The van der Waals surface area contributed by atoms with Gasteiger partial charge in [-0.25, -0.2) is 18.4 Å². The third kappa shape index (κ3) is 2.28. The molecule has 1 aromatic heterocycles. The van der Waals surface area contributed by atoms with Crippen LogP contribution in [0.1, 0.15) is 5.56 Å². The van der Waals surface area contributed by atoms with Crippen molar-refractivity contribution < 1.29 is 13.9 Å². The molecule has 1 heterocycles. The fraction of sp³-hybridized carbons (Fsp3) is 0.167. The third-order valence-electron chi connectivity index (χ3n) is 2.60. The number of aromatic nitrogens is 3. The first-order valence-corrected chi connectivity index (χ1v) is 5.19. The molecule has 18 heavy (non-hydrogen) atoms. The number of aliphatic hydroxyl groups is 1. The lowest BCUT2D eigenvalue weighted by atomic mass is 9.93. The highest BCUT2D eigenvalue weighted by Gasteiger charge is 2.30. The molecule has 0 fully saturated rings. The largest absolute Gasteiger partial charge is 0.379 e. The van der Waals surface area contributed by atoms with Gasteiger partial charge >= 0.3 is 0 Å². The van der Waals surface area contributed by atoms with Crippen LogP contribution in [0.3, 0.4) is 0 Å². The molecule has 0 aliphatic carbocycles. The van der Waals surface area contributed by atoms with Crippen molar-refractivity contribution in [3.8, 4) is 0 Å². The smallest absolute Gasteiger partial charge is 0.137 e. The summed E-state index contributed by atoms with van der Waals surface area (Å²) < 4.78 is 27.8. The van der Waals surface area contributed by atoms with Gasteiger partial charge in [-0.3, -0.25) is 0 Å². The number of nitrogens with zero attached hydrogens (tertiary/aromatic N) is 3. The Balaban J connectivity index is 2.39. The number of halogens is 2. The van der Waals surface area contributed by atoms with E-state index in [0.29, 0.717) is 6.07 Å². The molecule has 0 saturated heterocycles. The minimum Gasteiger partial charge on any atom is -0.379 e. The number of benzene rings is 1. The Labute approximate surface area is 102 Å². The van der Waals surface area contributed by atoms with E-state index in [9.17, 15) is 13.9 Å². The van der Waals surface area contributed by atoms with Gasteiger partial charge in [0.1, 0.15) is 29.9 Å². The minimum absolute atomic E-state index is 0.0565. The topological polar surface area (TPSA) is 50.9 Å². The molecule has 4 nitrogen and oxygen atoms in total. The van der Waals surface area contributed by atoms with E-state index in [1.807, 2.05) is 0 Å². The Morgan fingerprint density at radius 3 is 2.78 bits per heavy atom. The number of rotatable bonds is 4. The van der Waals surface area contributed by atoms with Crippen LogP contribution in [0.25, 0.3) is 0 Å². The summed E-state index contributed by atoms with van der Waals surface area (Å²) in [4.78, 5) is 3.72. The Bertz CT molecular complexity index is 556. The first-order chi connectivity index (χ1) is 8.55. The highest BCUT2D eigenvalue weighted by molar-refractivity contribution is 5.28. The zero-order chi connectivity index (χ0) is 13.2. The standard InChI is InChI=1S/C12H11F2N3O/c1-2-12(18,6-17-8-15-7-16-17)10-4-3-9(13)5-11(10)14/h2-5,7-8,18H,1,6H2. The SMILES string of the molecule is C=CC(O)(Cn1cncn1)c1ccc(F)cc1F. The highest BCUT2D eigenvalue weighted by atomic mass is 19.1. The van der Waals surface area contributed by atoms with Crippen LogP contribution in [0.4, 0.5) is 8.78 Å². The fourth-order valence-corrected chi connectivity index (χ4v) is 1.66. The molecule has 2 rings (SSSR count). The summed E-state index contributed by atoms with van der Waals surface area (Å²) in [7, 11) is 0. The maximum atomic E-state index is 13.7. The molecule has 6 heteroatoms. The molecule has 1 atom stereocenters. The van der Waals surface area contributed by atoms with Crippen molar-refractivity contribution in [2.24, 2.45) is 0 Å². The molecule has 0 saturated carbocycles. The highest BCUT2D eigenvalue weighted by Crippen LogP contribution is 2.27. The van der Waals surface area contributed by atoms with Gasteiger partial charge in [0, 0.05) is 11.6 Å². The molecule has 0 radical (unpaired) electrons. The van der Waals surface area contributed by atoms with Crippen molar-refractivity contribution in [3.05, 3.63) is 60.7 Å². The van der Waals surface area contributed by atoms with E-state index < -0.39 is 17.2 Å². The predicted octanol–water partition coefficient (Wildman–Crippen LogP) is 1.63. The van der Waals surface area contributed by atoms with Crippen LogP contribution in [0.2, 0.25) is 0 Å². The number of hydrogen-bond donors (Lipinski definition) is 1. The first kappa shape index (κ1) is 12.4. The summed E-state index contributed by atoms with van der Waals surface area (Å²) in [6.45, 7) is 3.42. The second-order valence-electron chi connectivity index (χ2n) is 3.85. The van der Waals surface area contributed by atoms with E-state index in [1.54, 1.807) is 0 Å². The van der Waals surface area contributed by atoms with Crippen molar-refractivity contribution in [1.29, 1.82) is 0 Å². The van der Waals surface area contributed by atoms with Gasteiger partial charge in [0.15, 0.2) is 0 Å². The second-order valence-corrected chi connectivity index (χ2v) is 3.85. The lowest BCUT2D eigenvalue weighted by molar-refractivity contribution is 0.0620. The molecule has 0 aliphatic heterocycles. The second kappa shape index (κ2) is 4.66. The molecule has 1 unspecified atom stereocenters. The van der Waals surface area contributed by atoms with E-state index >= 15 is 0 Å². The van der Waals surface area contributed by atoms with E-state index in [-0.39, 0.29) is 12.1 Å². The molecule has 1 N–H and O–H groups in total. The zero-order valence-electron chi connectivity index (χ0n) is 9.42. The summed E-state index contributed by atoms with van der Waals surface area (Å²) in [6.07, 6.45) is 3.87. The van der Waals surface area contributed by atoms with Crippen LogP contribution in [-0.4, -0.2) is 19.9 Å². The Morgan fingerprint density at radius 2 is 2.22 bits per heavy atom. The summed E-state index contributed by atoms with van der Waals surface area (Å²) >= 11 is 0. The molecule has 94 valence electrons. The normalized spacial score (nSPS) is 14.2. The van der Waals surface area contributed by atoms with Crippen LogP contribution in [0, 0.1) is 11.6 Å². The van der Waals surface area contributed by atoms with E-state index in [1.165, 1.54) is 29.5 Å². The average molecular weight is 251 g/mol. The summed E-state index contributed by atoms with van der Waals surface area (Å²) in [5.41, 5.74) is -1.74. The lowest BCUT2D eigenvalue weighted by Gasteiger charge is -2.25. The van der Waals surface area contributed by atoms with Crippen LogP contribution < -0.4 is 0 Å². The molecule has 0 spiro atoms. The van der Waals surface area contributed by atoms with Crippen molar-refractivity contribution in [3.63, 3.8) is 0 Å². The van der Waals surface area contributed by atoms with Crippen molar-refractivity contribution >= 4 is 0 Å². The molecule has 2 aromatic rings. The maximum absolute atomic E-state index is 13.7. The van der Waals surface area contributed by atoms with E-state index in [2.05, 4.69) is 16.7 Å². The van der Waals surface area contributed by atoms with Gasteiger partial charge in [0.05, 0.1) is 6.54 Å². The Morgan fingerprint density at radius 1 is 1.44 bits per heavy atom. The van der Waals surface area contributed by atoms with Crippen molar-refractivity contribution in [2.45, 2.75) is 12.1 Å². The summed E-state index contributed by atoms with van der Waals surface area (Å²) in [6, 6.07) is 2.97. The van der Waals surface area contributed by atoms with Gasteiger partial charge in [-0.15, -0.1) is 0 Å². The maximum Gasteiger partial charge on any atom is 0.137 e. The van der Waals surface area contributed by atoms with Gasteiger partial charge < -0.3 is 5.11 Å². The monoisotopic (exact) mass is 251 g/mol. The predicted molar refractivity (Wildman–Crippen MR) is 60.5 cm³/mol. The fourth-order valence-electron chi connectivity index (χ4n) is 1.66. The Hall–Kier alpha value is -2.08. The zero-order valence-corrected chi connectivity index (χ0v) is 9.42. The molecular weight excluding hydrogens is 240 g/mol. The van der Waals surface area contributed by atoms with Crippen molar-refractivity contribution in [1.82, 2.24) is 14.8 Å². The van der Waals surface area contributed by atoms with Gasteiger partial charge in [0.2, 0.25) is 0 Å². The third-order valence-corrected chi connectivity index (χ3v) is 2.60. The molecule has 0 amide bonds. The van der Waals surface area contributed by atoms with Crippen LogP contribution in [0.15, 0.2) is 43.5 Å². The van der Waals surface area contributed by atoms with Crippen LogP contribution in [-0.2, 0) is 12.1 Å². The van der Waals surface area contributed by atoms with E-state index in [0.717, 1.165) is 6.07 Å². The van der Waals surface area contributed by atoms with Gasteiger partial charge in [-0.1, -0.05) is 12.7 Å². The molecule has 0 aliphatic rings. The summed E-state index contributed by atoms with van der Waals surface area (Å²) in [5.74, 6) is -1.54. The first-order valence-electron chi connectivity index (χ1n) is 5.19. The van der Waals surface area contributed by atoms with E-state index in [4.69, 9.17) is 0 Å². The average Bonchev–Trinajstić information content (AvgIpc) is 2.81.